The summed E-state index contributed by atoms with van der Waals surface area (Å²) in [6.07, 6.45) is 5.60. The van der Waals surface area contributed by atoms with Gasteiger partial charge in [-0.25, -0.2) is 4.79 Å². The van der Waals surface area contributed by atoms with E-state index in [9.17, 15) is 4.79 Å². The molecule has 5 heteroatoms. The Kier molecular flexibility index (Phi) is 4.90. The van der Waals surface area contributed by atoms with E-state index in [1.165, 1.54) is 0 Å². The summed E-state index contributed by atoms with van der Waals surface area (Å²) in [5.74, 6) is -1.06. The molecule has 0 unspecified atom stereocenters. The van der Waals surface area contributed by atoms with Crippen molar-refractivity contribution in [3.05, 3.63) is 32.3 Å². The number of rotatable bonds is 1. The van der Waals surface area contributed by atoms with Gasteiger partial charge in [-0.3, -0.25) is 0 Å². The molecule has 1 N–H and O–H groups in total. The average molecular weight is 312 g/mol. The van der Waals surface area contributed by atoms with Crippen LogP contribution in [0.1, 0.15) is 19.3 Å². The minimum Gasteiger partial charge on any atom is -0.478 e. The second-order valence-electron chi connectivity index (χ2n) is 3.06. The van der Waals surface area contributed by atoms with Crippen LogP contribution in [-0.4, -0.2) is 11.1 Å². The van der Waals surface area contributed by atoms with Gasteiger partial charge in [0.15, 0.2) is 0 Å². The molecule has 0 radical (unpaired) electrons. The maximum Gasteiger partial charge on any atom is 0.338 e. The van der Waals surface area contributed by atoms with Crippen molar-refractivity contribution in [3.8, 4) is 0 Å². The largest absolute Gasteiger partial charge is 0.478 e. The Bertz CT molecular complexity index is 370. The van der Waals surface area contributed by atoms with Crippen molar-refractivity contribution in [2.45, 2.75) is 19.3 Å². The molecule has 1 rings (SSSR count). The number of halogens is 3. The fraction of sp³-hybridized carbons (Fsp3) is 0.300. The van der Waals surface area contributed by atoms with Gasteiger partial charge in [0.25, 0.3) is 0 Å². The highest BCUT2D eigenvalue weighted by Crippen LogP contribution is 2.29. The highest BCUT2D eigenvalue weighted by molar-refractivity contribution is 9.12. The first-order chi connectivity index (χ1) is 7.02. The van der Waals surface area contributed by atoms with Gasteiger partial charge in [0.2, 0.25) is 0 Å². The zero-order valence-corrected chi connectivity index (χ0v) is 10.9. The molecule has 0 aromatic heterocycles. The molecule has 15 heavy (non-hydrogen) atoms. The summed E-state index contributed by atoms with van der Waals surface area (Å²) in [5, 5.41) is 9.86. The molecule has 0 amide bonds. The SMILES string of the molecule is O=C(O)C1=C(Br)/C=C(/Cl)CCC\C=C\1Cl. The van der Waals surface area contributed by atoms with Crippen molar-refractivity contribution >= 4 is 45.1 Å². The van der Waals surface area contributed by atoms with E-state index >= 15 is 0 Å². The highest BCUT2D eigenvalue weighted by Gasteiger charge is 2.16. The molecular formula is C10H9BrCl2O2. The van der Waals surface area contributed by atoms with Crippen LogP contribution in [0.4, 0.5) is 0 Å². The molecule has 2 nitrogen and oxygen atoms in total. The lowest BCUT2D eigenvalue weighted by Crippen LogP contribution is -2.02. The zero-order valence-electron chi connectivity index (χ0n) is 7.77. The number of aliphatic carboxylic acids is 1. The Balaban J connectivity index is 3.24. The van der Waals surface area contributed by atoms with Crippen molar-refractivity contribution in [1.29, 1.82) is 0 Å². The maximum absolute atomic E-state index is 11.0. The van der Waals surface area contributed by atoms with Crippen LogP contribution in [0.3, 0.4) is 0 Å². The Hall–Kier alpha value is -0.250. The van der Waals surface area contributed by atoms with Crippen molar-refractivity contribution < 1.29 is 9.90 Å². The molecule has 0 saturated carbocycles. The highest BCUT2D eigenvalue weighted by atomic mass is 79.9. The number of carboxylic acids is 1. The first-order valence-corrected chi connectivity index (χ1v) is 5.92. The molecule has 0 bridgehead atoms. The van der Waals surface area contributed by atoms with Gasteiger partial charge in [-0.15, -0.1) is 0 Å². The van der Waals surface area contributed by atoms with E-state index < -0.39 is 5.97 Å². The van der Waals surface area contributed by atoms with Gasteiger partial charge < -0.3 is 5.11 Å². The molecule has 82 valence electrons. The van der Waals surface area contributed by atoms with Gasteiger partial charge in [0.1, 0.15) is 0 Å². The summed E-state index contributed by atoms with van der Waals surface area (Å²) in [4.78, 5) is 11.0. The molecule has 0 aromatic rings. The molecule has 0 fully saturated rings. The lowest BCUT2D eigenvalue weighted by Gasteiger charge is -2.01. The van der Waals surface area contributed by atoms with Gasteiger partial charge >= 0.3 is 5.97 Å². The quantitative estimate of drug-likeness (QED) is 0.790. The lowest BCUT2D eigenvalue weighted by atomic mass is 10.2. The van der Waals surface area contributed by atoms with Gasteiger partial charge in [-0.05, 0) is 41.3 Å². The van der Waals surface area contributed by atoms with E-state index in [2.05, 4.69) is 15.9 Å². The zero-order chi connectivity index (χ0) is 11.4. The van der Waals surface area contributed by atoms with Crippen molar-refractivity contribution in [2.24, 2.45) is 0 Å². The average Bonchev–Trinajstić information content (AvgIpc) is 2.15. The van der Waals surface area contributed by atoms with Crippen LogP contribution in [0.2, 0.25) is 0 Å². The van der Waals surface area contributed by atoms with E-state index in [1.54, 1.807) is 12.2 Å². The van der Waals surface area contributed by atoms with E-state index in [0.717, 1.165) is 19.3 Å². The number of hydrogen-bond donors (Lipinski definition) is 1. The number of hydrogen-bond acceptors (Lipinski definition) is 1. The minimum atomic E-state index is -1.06. The molecule has 0 heterocycles. The minimum absolute atomic E-state index is 0.0525. The fourth-order valence-corrected chi connectivity index (χ4v) is 2.64. The fourth-order valence-electron chi connectivity index (χ4n) is 1.20. The van der Waals surface area contributed by atoms with E-state index in [0.29, 0.717) is 9.51 Å². The van der Waals surface area contributed by atoms with Crippen LogP contribution in [0.5, 0.6) is 0 Å². The molecule has 1 aliphatic rings. The van der Waals surface area contributed by atoms with Crippen LogP contribution in [-0.2, 0) is 4.79 Å². The smallest absolute Gasteiger partial charge is 0.338 e. The molecule has 0 atom stereocenters. The number of allylic oxidation sites excluding steroid dienone is 4. The van der Waals surface area contributed by atoms with Gasteiger partial charge in [0.05, 0.1) is 10.6 Å². The monoisotopic (exact) mass is 310 g/mol. The first kappa shape index (κ1) is 12.8. The van der Waals surface area contributed by atoms with Gasteiger partial charge in [-0.1, -0.05) is 29.3 Å². The summed E-state index contributed by atoms with van der Waals surface area (Å²) < 4.78 is 0.406. The van der Waals surface area contributed by atoms with Crippen molar-refractivity contribution in [2.75, 3.05) is 0 Å². The van der Waals surface area contributed by atoms with Crippen molar-refractivity contribution in [1.82, 2.24) is 0 Å². The summed E-state index contributed by atoms with van der Waals surface area (Å²) >= 11 is 15.0. The second-order valence-corrected chi connectivity index (χ2v) is 4.81. The van der Waals surface area contributed by atoms with Crippen LogP contribution < -0.4 is 0 Å². The molecule has 0 saturated heterocycles. The maximum atomic E-state index is 11.0. The molecular weight excluding hydrogens is 303 g/mol. The predicted molar refractivity (Wildman–Crippen MR) is 65.3 cm³/mol. The Labute approximate surface area is 106 Å². The normalized spacial score (nSPS) is 30.3. The summed E-state index contributed by atoms with van der Waals surface area (Å²) in [5.41, 5.74) is 0.0525. The van der Waals surface area contributed by atoms with Crippen LogP contribution in [0.25, 0.3) is 0 Å². The van der Waals surface area contributed by atoms with Gasteiger partial charge in [-0.2, -0.15) is 0 Å². The van der Waals surface area contributed by atoms with Crippen molar-refractivity contribution in [3.63, 3.8) is 0 Å². The molecule has 0 spiro atoms. The summed E-state index contributed by atoms with van der Waals surface area (Å²) in [6, 6.07) is 0. The summed E-state index contributed by atoms with van der Waals surface area (Å²) in [6.45, 7) is 0. The first-order valence-electron chi connectivity index (χ1n) is 4.37. The van der Waals surface area contributed by atoms with E-state index in [-0.39, 0.29) is 10.6 Å². The third kappa shape index (κ3) is 3.67. The predicted octanol–water partition coefficient (Wildman–Crippen LogP) is 4.15. The van der Waals surface area contributed by atoms with Gasteiger partial charge in [0, 0.05) is 9.51 Å². The summed E-state index contributed by atoms with van der Waals surface area (Å²) in [7, 11) is 0. The van der Waals surface area contributed by atoms with Crippen LogP contribution >= 0.6 is 39.1 Å². The molecule has 0 aliphatic heterocycles. The standard InChI is InChI=1S/C10H9BrCl2O2/c11-7-5-6(12)3-1-2-4-8(13)9(7)10(14)15/h4-5H,1-3H2,(H,14,15)/b6-5+,8-4-,9-7-. The van der Waals surface area contributed by atoms with Crippen LogP contribution in [0.15, 0.2) is 32.3 Å². The van der Waals surface area contributed by atoms with Crippen LogP contribution in [0, 0.1) is 0 Å². The molecule has 0 aromatic carbocycles. The third-order valence-electron chi connectivity index (χ3n) is 1.92. The Morgan fingerprint density at radius 1 is 1.47 bits per heavy atom. The molecule has 1 aliphatic carbocycles. The third-order valence-corrected chi connectivity index (χ3v) is 3.18. The second kappa shape index (κ2) is 5.73. The Morgan fingerprint density at radius 2 is 2.13 bits per heavy atom. The lowest BCUT2D eigenvalue weighted by molar-refractivity contribution is -0.132. The Morgan fingerprint density at radius 3 is 2.73 bits per heavy atom. The van der Waals surface area contributed by atoms with E-state index in [1.807, 2.05) is 0 Å². The number of carbonyl (C=O) groups is 1. The number of carboxylic acid groups (broad SMARTS) is 1. The topological polar surface area (TPSA) is 37.3 Å². The van der Waals surface area contributed by atoms with E-state index in [4.69, 9.17) is 28.3 Å².